The Labute approximate surface area is 130 Å². The molecule has 0 fully saturated rings. The summed E-state index contributed by atoms with van der Waals surface area (Å²) < 4.78 is 5.80. The zero-order chi connectivity index (χ0) is 15.8. The molecule has 2 heteroatoms. The number of benzene rings is 1. The van der Waals surface area contributed by atoms with E-state index in [2.05, 4.69) is 72.1 Å². The van der Waals surface area contributed by atoms with Crippen LogP contribution in [0.4, 0.5) is 0 Å². The molecule has 1 aromatic carbocycles. The van der Waals surface area contributed by atoms with Crippen molar-refractivity contribution in [3.63, 3.8) is 0 Å². The highest BCUT2D eigenvalue weighted by Crippen LogP contribution is 2.41. The first-order valence-electron chi connectivity index (χ1n) is 8.09. The average molecular weight is 289 g/mol. The Kier molecular flexibility index (Phi) is 4.39. The van der Waals surface area contributed by atoms with E-state index in [0.717, 1.165) is 18.8 Å². The first kappa shape index (κ1) is 16.4. The summed E-state index contributed by atoms with van der Waals surface area (Å²) in [5.74, 6) is 1.72. The maximum absolute atomic E-state index is 5.80. The van der Waals surface area contributed by atoms with Gasteiger partial charge in [-0.15, -0.1) is 0 Å². The van der Waals surface area contributed by atoms with Crippen LogP contribution in [0.3, 0.4) is 0 Å². The fraction of sp³-hybridized carbons (Fsp3) is 0.684. The van der Waals surface area contributed by atoms with Gasteiger partial charge >= 0.3 is 0 Å². The van der Waals surface area contributed by atoms with Crippen molar-refractivity contribution < 1.29 is 4.74 Å². The van der Waals surface area contributed by atoms with Crippen molar-refractivity contribution in [3.05, 3.63) is 29.3 Å². The van der Waals surface area contributed by atoms with E-state index >= 15 is 0 Å². The Bertz CT molecular complexity index is 499. The van der Waals surface area contributed by atoms with Gasteiger partial charge in [-0.3, -0.25) is 0 Å². The molecule has 0 aromatic heterocycles. The molecule has 2 atom stereocenters. The number of nitrogens with one attached hydrogen (secondary N) is 1. The highest BCUT2D eigenvalue weighted by Gasteiger charge is 2.32. The van der Waals surface area contributed by atoms with E-state index in [1.54, 1.807) is 0 Å². The standard InChI is InChI=1S/C19H31NO/c1-13(18(2,3)4)10-16(20-7)14-8-9-17-15(11-14)19(5,6)12-21-17/h8-9,11,13,16,20H,10,12H2,1-7H3. The molecule has 2 unspecified atom stereocenters. The van der Waals surface area contributed by atoms with Crippen molar-refractivity contribution >= 4 is 0 Å². The minimum atomic E-state index is 0.124. The molecule has 118 valence electrons. The number of hydrogen-bond acceptors (Lipinski definition) is 2. The number of rotatable bonds is 4. The molecule has 0 aliphatic carbocycles. The summed E-state index contributed by atoms with van der Waals surface area (Å²) in [6.07, 6.45) is 1.15. The van der Waals surface area contributed by atoms with Crippen molar-refractivity contribution in [2.75, 3.05) is 13.7 Å². The van der Waals surface area contributed by atoms with Crippen molar-refractivity contribution in [1.82, 2.24) is 5.32 Å². The van der Waals surface area contributed by atoms with Gasteiger partial charge in [0.2, 0.25) is 0 Å². The van der Waals surface area contributed by atoms with Crippen molar-refractivity contribution in [3.8, 4) is 5.75 Å². The molecule has 1 N–H and O–H groups in total. The summed E-state index contributed by atoms with van der Waals surface area (Å²) in [5.41, 5.74) is 3.20. The minimum absolute atomic E-state index is 0.124. The number of ether oxygens (including phenoxy) is 1. The quantitative estimate of drug-likeness (QED) is 0.868. The van der Waals surface area contributed by atoms with Crippen LogP contribution < -0.4 is 10.1 Å². The van der Waals surface area contributed by atoms with Gasteiger partial charge in [0.25, 0.3) is 0 Å². The fourth-order valence-corrected chi connectivity index (χ4v) is 2.88. The van der Waals surface area contributed by atoms with Gasteiger partial charge in [0, 0.05) is 17.0 Å². The van der Waals surface area contributed by atoms with Gasteiger partial charge in [0.05, 0.1) is 6.61 Å². The lowest BCUT2D eigenvalue weighted by Gasteiger charge is -2.31. The molecule has 2 rings (SSSR count). The van der Waals surface area contributed by atoms with E-state index in [1.165, 1.54) is 11.1 Å². The third-order valence-corrected chi connectivity index (χ3v) is 5.14. The van der Waals surface area contributed by atoms with E-state index in [1.807, 2.05) is 0 Å². The Balaban J connectivity index is 2.24. The molecule has 21 heavy (non-hydrogen) atoms. The van der Waals surface area contributed by atoms with Crippen LogP contribution in [0.1, 0.15) is 65.1 Å². The van der Waals surface area contributed by atoms with E-state index in [4.69, 9.17) is 4.74 Å². The number of fused-ring (bicyclic) bond motifs is 1. The third kappa shape index (κ3) is 3.42. The summed E-state index contributed by atoms with van der Waals surface area (Å²) in [4.78, 5) is 0. The van der Waals surface area contributed by atoms with Crippen LogP contribution in [0.2, 0.25) is 0 Å². The van der Waals surface area contributed by atoms with Crippen LogP contribution in [-0.4, -0.2) is 13.7 Å². The SMILES string of the molecule is CNC(CC(C)C(C)(C)C)c1ccc2c(c1)C(C)(C)CO2. The molecule has 0 radical (unpaired) electrons. The van der Waals surface area contributed by atoms with Crippen LogP contribution in [0.25, 0.3) is 0 Å². The van der Waals surface area contributed by atoms with Crippen LogP contribution >= 0.6 is 0 Å². The Morgan fingerprint density at radius 2 is 1.95 bits per heavy atom. The second-order valence-corrected chi connectivity index (χ2v) is 8.27. The first-order chi connectivity index (χ1) is 9.65. The Morgan fingerprint density at radius 1 is 1.29 bits per heavy atom. The normalized spacial score (nSPS) is 19.8. The number of hydrogen-bond donors (Lipinski definition) is 1. The smallest absolute Gasteiger partial charge is 0.123 e. The lowest BCUT2D eigenvalue weighted by Crippen LogP contribution is -2.25. The molecule has 0 amide bonds. The molecular formula is C19H31NO. The molecular weight excluding hydrogens is 258 g/mol. The molecule has 1 aliphatic heterocycles. The summed E-state index contributed by atoms with van der Waals surface area (Å²) in [7, 11) is 2.06. The van der Waals surface area contributed by atoms with Gasteiger partial charge in [-0.25, -0.2) is 0 Å². The highest BCUT2D eigenvalue weighted by molar-refractivity contribution is 5.45. The topological polar surface area (TPSA) is 21.3 Å². The Morgan fingerprint density at radius 3 is 2.52 bits per heavy atom. The van der Waals surface area contributed by atoms with E-state index in [0.29, 0.717) is 17.4 Å². The maximum Gasteiger partial charge on any atom is 0.123 e. The van der Waals surface area contributed by atoms with Crippen LogP contribution in [0, 0.1) is 11.3 Å². The minimum Gasteiger partial charge on any atom is -0.492 e. The first-order valence-corrected chi connectivity index (χ1v) is 8.09. The summed E-state index contributed by atoms with van der Waals surface area (Å²) >= 11 is 0. The second kappa shape index (κ2) is 5.64. The Hall–Kier alpha value is -1.02. The highest BCUT2D eigenvalue weighted by atomic mass is 16.5. The summed E-state index contributed by atoms with van der Waals surface area (Å²) in [5, 5.41) is 3.50. The van der Waals surface area contributed by atoms with Crippen LogP contribution in [0.15, 0.2) is 18.2 Å². The molecule has 0 saturated heterocycles. The summed E-state index contributed by atoms with van der Waals surface area (Å²) in [6.45, 7) is 14.6. The predicted octanol–water partition coefficient (Wildman–Crippen LogP) is 4.69. The van der Waals surface area contributed by atoms with E-state index in [-0.39, 0.29) is 5.41 Å². The third-order valence-electron chi connectivity index (χ3n) is 5.14. The lowest BCUT2D eigenvalue weighted by molar-refractivity contribution is 0.226. The van der Waals surface area contributed by atoms with Crippen LogP contribution in [-0.2, 0) is 5.41 Å². The van der Waals surface area contributed by atoms with Gasteiger partial charge in [-0.2, -0.15) is 0 Å². The zero-order valence-corrected chi connectivity index (χ0v) is 14.7. The zero-order valence-electron chi connectivity index (χ0n) is 14.7. The molecule has 0 spiro atoms. The maximum atomic E-state index is 5.80. The lowest BCUT2D eigenvalue weighted by atomic mass is 9.77. The van der Waals surface area contributed by atoms with Gasteiger partial charge < -0.3 is 10.1 Å². The molecule has 0 saturated carbocycles. The van der Waals surface area contributed by atoms with Gasteiger partial charge in [0.15, 0.2) is 0 Å². The largest absolute Gasteiger partial charge is 0.492 e. The molecule has 1 heterocycles. The van der Waals surface area contributed by atoms with Gasteiger partial charge in [0.1, 0.15) is 5.75 Å². The predicted molar refractivity (Wildman–Crippen MR) is 90.0 cm³/mol. The molecule has 1 aromatic rings. The summed E-state index contributed by atoms with van der Waals surface area (Å²) in [6, 6.07) is 7.11. The molecule has 2 nitrogen and oxygen atoms in total. The van der Waals surface area contributed by atoms with E-state index < -0.39 is 0 Å². The second-order valence-electron chi connectivity index (χ2n) is 8.27. The fourth-order valence-electron chi connectivity index (χ4n) is 2.88. The van der Waals surface area contributed by atoms with Crippen molar-refractivity contribution in [1.29, 1.82) is 0 Å². The molecule has 1 aliphatic rings. The van der Waals surface area contributed by atoms with Crippen molar-refractivity contribution in [2.24, 2.45) is 11.3 Å². The van der Waals surface area contributed by atoms with Gasteiger partial charge in [-0.1, -0.05) is 47.6 Å². The monoisotopic (exact) mass is 289 g/mol. The molecule has 0 bridgehead atoms. The van der Waals surface area contributed by atoms with Gasteiger partial charge in [-0.05, 0) is 42.5 Å². The van der Waals surface area contributed by atoms with Crippen molar-refractivity contribution in [2.45, 2.75) is 59.4 Å². The average Bonchev–Trinajstić information content (AvgIpc) is 2.70. The van der Waals surface area contributed by atoms with E-state index in [9.17, 15) is 0 Å². The van der Waals surface area contributed by atoms with Crippen LogP contribution in [0.5, 0.6) is 5.75 Å².